The van der Waals surface area contributed by atoms with Crippen LogP contribution in [-0.2, 0) is 14.3 Å². The van der Waals surface area contributed by atoms with Crippen LogP contribution < -0.4 is 10.6 Å². The quantitative estimate of drug-likeness (QED) is 0.668. The number of carboxylic acid groups (broad SMARTS) is 1. The van der Waals surface area contributed by atoms with Gasteiger partial charge < -0.3 is 20.5 Å². The zero-order chi connectivity index (χ0) is 21.0. The highest BCUT2D eigenvalue weighted by atomic mass is 16.5. The summed E-state index contributed by atoms with van der Waals surface area (Å²) in [5, 5.41) is 13.8. The van der Waals surface area contributed by atoms with Crippen molar-refractivity contribution in [1.82, 2.24) is 10.6 Å². The highest BCUT2D eigenvalue weighted by Gasteiger charge is 2.29. The number of carbonyl (C=O) groups is 3. The number of benzene rings is 2. The maximum atomic E-state index is 12.1. The Kier molecular flexibility index (Phi) is 6.16. The summed E-state index contributed by atoms with van der Waals surface area (Å²) in [6, 6.07) is 15.1. The molecule has 7 heteroatoms. The summed E-state index contributed by atoms with van der Waals surface area (Å²) in [5.41, 5.74) is 4.54. The summed E-state index contributed by atoms with van der Waals surface area (Å²) >= 11 is 0. The second kappa shape index (κ2) is 8.77. The number of alkyl carbamates (subject to hydrolysis) is 1. The van der Waals surface area contributed by atoms with Gasteiger partial charge in [-0.05, 0) is 29.2 Å². The molecule has 3 rings (SSSR count). The third-order valence-corrected chi connectivity index (χ3v) is 5.07. The topological polar surface area (TPSA) is 105 Å². The zero-order valence-electron chi connectivity index (χ0n) is 16.3. The number of ether oxygens (including phenoxy) is 1. The van der Waals surface area contributed by atoms with Gasteiger partial charge >= 0.3 is 12.1 Å². The lowest BCUT2D eigenvalue weighted by molar-refractivity contribution is -0.141. The Hall–Kier alpha value is -3.35. The van der Waals surface area contributed by atoms with E-state index >= 15 is 0 Å². The van der Waals surface area contributed by atoms with Crippen LogP contribution in [-0.4, -0.2) is 42.3 Å². The second-order valence-electron chi connectivity index (χ2n) is 7.18. The summed E-state index contributed by atoms with van der Waals surface area (Å²) in [7, 11) is 0. The first-order chi connectivity index (χ1) is 13.9. The molecule has 0 aromatic heterocycles. The van der Waals surface area contributed by atoms with Crippen molar-refractivity contribution >= 4 is 18.0 Å². The predicted molar refractivity (Wildman–Crippen MR) is 107 cm³/mol. The van der Waals surface area contributed by atoms with Crippen LogP contribution in [0.2, 0.25) is 0 Å². The molecular formula is C22H24N2O5. The van der Waals surface area contributed by atoms with Gasteiger partial charge in [0, 0.05) is 12.5 Å². The fourth-order valence-corrected chi connectivity index (χ4v) is 3.40. The molecule has 3 N–H and O–H groups in total. The maximum Gasteiger partial charge on any atom is 0.407 e. The van der Waals surface area contributed by atoms with Crippen LogP contribution in [0.1, 0.15) is 30.9 Å². The minimum absolute atomic E-state index is 0.0368. The second-order valence-corrected chi connectivity index (χ2v) is 7.18. The highest BCUT2D eigenvalue weighted by Crippen LogP contribution is 2.44. The largest absolute Gasteiger partial charge is 0.480 e. The summed E-state index contributed by atoms with van der Waals surface area (Å²) in [5.74, 6) is -2.18. The van der Waals surface area contributed by atoms with Gasteiger partial charge in [-0.1, -0.05) is 55.5 Å². The number of amides is 2. The normalized spacial score (nSPS) is 14.3. The zero-order valence-corrected chi connectivity index (χ0v) is 16.3. The monoisotopic (exact) mass is 396 g/mol. The van der Waals surface area contributed by atoms with E-state index < -0.39 is 29.9 Å². The lowest BCUT2D eigenvalue weighted by Crippen LogP contribution is -2.44. The van der Waals surface area contributed by atoms with Crippen molar-refractivity contribution in [3.8, 4) is 11.1 Å². The molecule has 0 aliphatic heterocycles. The lowest BCUT2D eigenvalue weighted by Gasteiger charge is -2.17. The van der Waals surface area contributed by atoms with Crippen LogP contribution in [0.3, 0.4) is 0 Å². The third-order valence-electron chi connectivity index (χ3n) is 5.07. The Morgan fingerprint density at radius 3 is 2.10 bits per heavy atom. The van der Waals surface area contributed by atoms with Crippen LogP contribution in [0.25, 0.3) is 11.1 Å². The Labute approximate surface area is 169 Å². The van der Waals surface area contributed by atoms with Gasteiger partial charge in [0.05, 0.1) is 5.92 Å². The van der Waals surface area contributed by atoms with Crippen molar-refractivity contribution in [3.63, 3.8) is 0 Å². The predicted octanol–water partition coefficient (Wildman–Crippen LogP) is 2.75. The molecule has 7 nitrogen and oxygen atoms in total. The van der Waals surface area contributed by atoms with Crippen LogP contribution >= 0.6 is 0 Å². The number of fused-ring (bicyclic) bond motifs is 3. The van der Waals surface area contributed by atoms with Crippen molar-refractivity contribution in [2.75, 3.05) is 13.2 Å². The van der Waals surface area contributed by atoms with Gasteiger partial charge in [-0.15, -0.1) is 0 Å². The molecule has 0 saturated carbocycles. The molecule has 0 heterocycles. The summed E-state index contributed by atoms with van der Waals surface area (Å²) in [6.07, 6.45) is -0.613. The number of carbonyl (C=O) groups excluding carboxylic acids is 2. The Morgan fingerprint density at radius 1 is 1.00 bits per heavy atom. The van der Waals surface area contributed by atoms with Gasteiger partial charge in [0.2, 0.25) is 5.91 Å². The van der Waals surface area contributed by atoms with E-state index in [1.54, 1.807) is 6.92 Å². The summed E-state index contributed by atoms with van der Waals surface area (Å²) in [4.78, 5) is 34.9. The third kappa shape index (κ3) is 4.56. The van der Waals surface area contributed by atoms with Gasteiger partial charge in [0.25, 0.3) is 0 Å². The number of aliphatic carboxylic acids is 1. The molecule has 29 heavy (non-hydrogen) atoms. The van der Waals surface area contributed by atoms with Gasteiger partial charge in [-0.25, -0.2) is 4.79 Å². The molecule has 0 bridgehead atoms. The maximum absolute atomic E-state index is 12.1. The molecule has 2 amide bonds. The van der Waals surface area contributed by atoms with Crippen molar-refractivity contribution in [1.29, 1.82) is 0 Å². The molecule has 0 saturated heterocycles. The lowest BCUT2D eigenvalue weighted by atomic mass is 9.98. The Balaban J connectivity index is 1.54. The van der Waals surface area contributed by atoms with Crippen molar-refractivity contribution < 1.29 is 24.2 Å². The van der Waals surface area contributed by atoms with E-state index in [0.29, 0.717) is 0 Å². The van der Waals surface area contributed by atoms with E-state index in [9.17, 15) is 14.4 Å². The molecule has 1 aliphatic rings. The molecule has 0 fully saturated rings. The summed E-state index contributed by atoms with van der Waals surface area (Å²) < 4.78 is 5.41. The van der Waals surface area contributed by atoms with Crippen molar-refractivity contribution in [2.45, 2.75) is 25.8 Å². The molecule has 0 spiro atoms. The molecule has 2 aromatic rings. The van der Waals surface area contributed by atoms with Gasteiger partial charge in [-0.2, -0.15) is 0 Å². The molecule has 1 unspecified atom stereocenters. The van der Waals surface area contributed by atoms with E-state index in [2.05, 4.69) is 22.8 Å². The van der Waals surface area contributed by atoms with Crippen LogP contribution in [0.4, 0.5) is 4.79 Å². The molecule has 0 radical (unpaired) electrons. The number of nitrogens with one attached hydrogen (secondary N) is 2. The highest BCUT2D eigenvalue weighted by molar-refractivity contribution is 5.85. The number of rotatable bonds is 7. The Morgan fingerprint density at radius 2 is 1.55 bits per heavy atom. The smallest absolute Gasteiger partial charge is 0.407 e. The van der Waals surface area contributed by atoms with Gasteiger partial charge in [0.15, 0.2) is 0 Å². The fraction of sp³-hybridized carbons (Fsp3) is 0.318. The van der Waals surface area contributed by atoms with Crippen molar-refractivity contribution in [2.24, 2.45) is 5.92 Å². The average molecular weight is 396 g/mol. The van der Waals surface area contributed by atoms with E-state index in [4.69, 9.17) is 9.84 Å². The molecule has 2 aromatic carbocycles. The first kappa shape index (κ1) is 20.4. The molecule has 1 aliphatic carbocycles. The van der Waals surface area contributed by atoms with E-state index in [-0.39, 0.29) is 19.1 Å². The van der Waals surface area contributed by atoms with E-state index in [1.165, 1.54) is 6.92 Å². The fourth-order valence-electron chi connectivity index (χ4n) is 3.40. The standard InChI is InChI=1S/C22H24N2O5/c1-13(20(25)24-14(2)21(26)27)11-23-22(28)29-12-19-17-9-5-3-7-15(17)16-8-4-6-10-18(16)19/h3-10,13-14,19H,11-12H2,1-2H3,(H,23,28)(H,24,25)(H,26,27)/t13?,14-/m0/s1. The Bertz CT molecular complexity index is 881. The molecule has 152 valence electrons. The number of hydrogen-bond donors (Lipinski definition) is 3. The van der Waals surface area contributed by atoms with Gasteiger partial charge in [-0.3, -0.25) is 9.59 Å². The van der Waals surface area contributed by atoms with E-state index in [0.717, 1.165) is 22.3 Å². The van der Waals surface area contributed by atoms with E-state index in [1.807, 2.05) is 36.4 Å². The SMILES string of the molecule is CC(CNC(=O)OCC1c2ccccc2-c2ccccc21)C(=O)N[C@@H](C)C(=O)O. The first-order valence-corrected chi connectivity index (χ1v) is 9.50. The van der Waals surface area contributed by atoms with Gasteiger partial charge in [0.1, 0.15) is 12.6 Å². The number of hydrogen-bond acceptors (Lipinski definition) is 4. The average Bonchev–Trinajstić information content (AvgIpc) is 3.04. The summed E-state index contributed by atoms with van der Waals surface area (Å²) in [6.45, 7) is 3.23. The van der Waals surface area contributed by atoms with Crippen LogP contribution in [0, 0.1) is 5.92 Å². The minimum Gasteiger partial charge on any atom is -0.480 e. The van der Waals surface area contributed by atoms with Crippen LogP contribution in [0.5, 0.6) is 0 Å². The molecular weight excluding hydrogens is 372 g/mol. The van der Waals surface area contributed by atoms with Crippen molar-refractivity contribution in [3.05, 3.63) is 59.7 Å². The molecule has 2 atom stereocenters. The number of carboxylic acids is 1. The first-order valence-electron chi connectivity index (χ1n) is 9.50. The van der Waals surface area contributed by atoms with Crippen LogP contribution in [0.15, 0.2) is 48.5 Å². The minimum atomic E-state index is -1.12.